The van der Waals surface area contributed by atoms with Crippen molar-refractivity contribution in [3.63, 3.8) is 0 Å². The van der Waals surface area contributed by atoms with E-state index in [9.17, 15) is 9.90 Å². The average Bonchev–Trinajstić information content (AvgIpc) is 3.06. The Morgan fingerprint density at radius 3 is 3.10 bits per heavy atom. The van der Waals surface area contributed by atoms with Crippen molar-refractivity contribution >= 4 is 27.3 Å². The van der Waals surface area contributed by atoms with Gasteiger partial charge in [0.2, 0.25) is 5.91 Å². The molecule has 3 rings (SSSR count). The molecule has 1 amide bonds. The third-order valence-electron chi connectivity index (χ3n) is 3.68. The molecule has 2 aromatic rings. The van der Waals surface area contributed by atoms with Crippen LogP contribution in [0.1, 0.15) is 12.0 Å². The number of carbonyl (C=O) groups excluding carboxylic acids is 1. The summed E-state index contributed by atoms with van der Waals surface area (Å²) in [7, 11) is 0. The van der Waals surface area contributed by atoms with Gasteiger partial charge in [-0.15, -0.1) is 11.3 Å². The molecule has 106 valence electrons. The topological polar surface area (TPSA) is 61.4 Å². The molecule has 0 radical (unpaired) electrons. The summed E-state index contributed by atoms with van der Waals surface area (Å²) in [6.07, 6.45) is 0.949. The van der Waals surface area contributed by atoms with Gasteiger partial charge in [-0.05, 0) is 35.2 Å². The lowest BCUT2D eigenvalue weighted by Gasteiger charge is -2.10. The maximum atomic E-state index is 11.9. The van der Waals surface area contributed by atoms with E-state index in [0.717, 1.165) is 6.42 Å². The first-order chi connectivity index (χ1) is 9.74. The second-order valence-electron chi connectivity index (χ2n) is 5.15. The number of aliphatic hydroxyl groups excluding tert-OH is 1. The van der Waals surface area contributed by atoms with Crippen LogP contribution in [0.3, 0.4) is 0 Å². The summed E-state index contributed by atoms with van der Waals surface area (Å²) in [5.41, 5.74) is 1.28. The Kier molecular flexibility index (Phi) is 4.00. The molecule has 1 aliphatic heterocycles. The van der Waals surface area contributed by atoms with Gasteiger partial charge in [-0.25, -0.2) is 0 Å². The van der Waals surface area contributed by atoms with Crippen LogP contribution >= 0.6 is 11.3 Å². The van der Waals surface area contributed by atoms with Crippen LogP contribution in [-0.2, 0) is 11.2 Å². The molecule has 2 atom stereocenters. The van der Waals surface area contributed by atoms with Crippen LogP contribution < -0.4 is 10.6 Å². The molecule has 0 spiro atoms. The molecule has 2 heterocycles. The van der Waals surface area contributed by atoms with Gasteiger partial charge in [0.25, 0.3) is 0 Å². The molecule has 5 heteroatoms. The first-order valence-electron chi connectivity index (χ1n) is 6.88. The van der Waals surface area contributed by atoms with E-state index in [0.29, 0.717) is 19.5 Å². The van der Waals surface area contributed by atoms with Crippen molar-refractivity contribution in [3.05, 3.63) is 35.2 Å². The molecule has 4 nitrogen and oxygen atoms in total. The molecular formula is C15H18N2O2S. The highest BCUT2D eigenvalue weighted by molar-refractivity contribution is 7.17. The summed E-state index contributed by atoms with van der Waals surface area (Å²) >= 11 is 1.74. The zero-order chi connectivity index (χ0) is 13.9. The van der Waals surface area contributed by atoms with Gasteiger partial charge in [0, 0.05) is 17.8 Å². The van der Waals surface area contributed by atoms with Crippen molar-refractivity contribution in [1.29, 1.82) is 0 Å². The first-order valence-corrected chi connectivity index (χ1v) is 7.76. The van der Waals surface area contributed by atoms with E-state index in [-0.39, 0.29) is 11.9 Å². The van der Waals surface area contributed by atoms with E-state index in [1.165, 1.54) is 15.6 Å². The SMILES string of the molecule is O=C(NCCc1csc2ccccc12)[C@H]1C[C@H](O)CN1. The van der Waals surface area contributed by atoms with E-state index in [1.54, 1.807) is 11.3 Å². The second kappa shape index (κ2) is 5.91. The lowest BCUT2D eigenvalue weighted by Crippen LogP contribution is -2.41. The molecule has 20 heavy (non-hydrogen) atoms. The zero-order valence-electron chi connectivity index (χ0n) is 11.1. The maximum Gasteiger partial charge on any atom is 0.237 e. The molecule has 0 unspecified atom stereocenters. The minimum absolute atomic E-state index is 0.0129. The Hall–Kier alpha value is -1.43. The number of β-amino-alcohol motifs (C(OH)–C–C–N with tert-alkyl or cyclic N) is 1. The van der Waals surface area contributed by atoms with Crippen LogP contribution in [0.5, 0.6) is 0 Å². The highest BCUT2D eigenvalue weighted by Crippen LogP contribution is 2.25. The number of thiophene rings is 1. The predicted molar refractivity (Wildman–Crippen MR) is 81.0 cm³/mol. The molecule has 1 fully saturated rings. The van der Waals surface area contributed by atoms with Gasteiger partial charge in [-0.3, -0.25) is 4.79 Å². The van der Waals surface area contributed by atoms with Crippen molar-refractivity contribution in [2.45, 2.75) is 25.0 Å². The molecule has 3 N–H and O–H groups in total. The number of benzene rings is 1. The summed E-state index contributed by atoms with van der Waals surface area (Å²) in [5.74, 6) is -0.0129. The van der Waals surface area contributed by atoms with Gasteiger partial charge >= 0.3 is 0 Å². The van der Waals surface area contributed by atoms with E-state index in [2.05, 4.69) is 28.1 Å². The van der Waals surface area contributed by atoms with Crippen molar-refractivity contribution < 1.29 is 9.90 Å². The van der Waals surface area contributed by atoms with Crippen LogP contribution in [0.15, 0.2) is 29.6 Å². The number of amides is 1. The van der Waals surface area contributed by atoms with Crippen molar-refractivity contribution in [3.8, 4) is 0 Å². The second-order valence-corrected chi connectivity index (χ2v) is 6.06. The van der Waals surface area contributed by atoms with Crippen LogP contribution in [-0.4, -0.2) is 36.2 Å². The Labute approximate surface area is 121 Å². The van der Waals surface area contributed by atoms with Gasteiger partial charge in [0.1, 0.15) is 0 Å². The molecule has 1 aromatic carbocycles. The lowest BCUT2D eigenvalue weighted by atomic mass is 10.1. The van der Waals surface area contributed by atoms with Gasteiger partial charge in [0.15, 0.2) is 0 Å². The number of hydrogen-bond acceptors (Lipinski definition) is 4. The van der Waals surface area contributed by atoms with Gasteiger partial charge in [-0.2, -0.15) is 0 Å². The molecule has 0 saturated carbocycles. The minimum atomic E-state index is -0.397. The van der Waals surface area contributed by atoms with E-state index in [4.69, 9.17) is 0 Å². The van der Waals surface area contributed by atoms with E-state index in [1.807, 2.05) is 12.1 Å². The van der Waals surface area contributed by atoms with Gasteiger partial charge in [-0.1, -0.05) is 18.2 Å². The smallest absolute Gasteiger partial charge is 0.237 e. The summed E-state index contributed by atoms with van der Waals surface area (Å²) in [6.45, 7) is 1.14. The van der Waals surface area contributed by atoms with Crippen LogP contribution in [0.25, 0.3) is 10.1 Å². The summed E-state index contributed by atoms with van der Waals surface area (Å²) in [4.78, 5) is 11.9. The molecule has 1 saturated heterocycles. The molecule has 0 bridgehead atoms. The fourth-order valence-electron chi connectivity index (χ4n) is 2.59. The van der Waals surface area contributed by atoms with Crippen LogP contribution in [0.4, 0.5) is 0 Å². The van der Waals surface area contributed by atoms with Gasteiger partial charge < -0.3 is 15.7 Å². The Morgan fingerprint density at radius 1 is 1.45 bits per heavy atom. The highest BCUT2D eigenvalue weighted by Gasteiger charge is 2.27. The van der Waals surface area contributed by atoms with Gasteiger partial charge in [0.05, 0.1) is 12.1 Å². The predicted octanol–water partition coefficient (Wildman–Crippen LogP) is 1.28. The van der Waals surface area contributed by atoms with Crippen molar-refractivity contribution in [2.24, 2.45) is 0 Å². The fourth-order valence-corrected chi connectivity index (χ4v) is 3.58. The minimum Gasteiger partial charge on any atom is -0.392 e. The number of rotatable bonds is 4. The van der Waals surface area contributed by atoms with Crippen LogP contribution in [0.2, 0.25) is 0 Å². The van der Waals surface area contributed by atoms with Crippen molar-refractivity contribution in [2.75, 3.05) is 13.1 Å². The van der Waals surface area contributed by atoms with Crippen LogP contribution in [0, 0.1) is 0 Å². The third-order valence-corrected chi connectivity index (χ3v) is 4.69. The molecule has 1 aliphatic rings. The Bertz CT molecular complexity index is 611. The number of nitrogens with one attached hydrogen (secondary N) is 2. The summed E-state index contributed by atoms with van der Waals surface area (Å²) in [5, 5.41) is 18.8. The third kappa shape index (κ3) is 2.85. The molecule has 0 aliphatic carbocycles. The largest absolute Gasteiger partial charge is 0.392 e. The number of fused-ring (bicyclic) bond motifs is 1. The quantitative estimate of drug-likeness (QED) is 0.795. The summed E-state index contributed by atoms with van der Waals surface area (Å²) < 4.78 is 1.29. The highest BCUT2D eigenvalue weighted by atomic mass is 32.1. The number of carbonyl (C=O) groups is 1. The molecule has 1 aromatic heterocycles. The first kappa shape index (κ1) is 13.5. The normalized spacial score (nSPS) is 22.2. The standard InChI is InChI=1S/C15H18N2O2S/c18-11-7-13(17-8-11)15(19)16-6-5-10-9-20-14-4-2-1-3-12(10)14/h1-4,9,11,13,17-18H,5-8H2,(H,16,19)/t11-,13+/m0/s1. The monoisotopic (exact) mass is 290 g/mol. The maximum absolute atomic E-state index is 11.9. The number of hydrogen-bond donors (Lipinski definition) is 3. The molecular weight excluding hydrogens is 272 g/mol. The number of aliphatic hydroxyl groups is 1. The van der Waals surface area contributed by atoms with E-state index >= 15 is 0 Å². The van der Waals surface area contributed by atoms with E-state index < -0.39 is 6.10 Å². The zero-order valence-corrected chi connectivity index (χ0v) is 12.0. The van der Waals surface area contributed by atoms with Crippen molar-refractivity contribution in [1.82, 2.24) is 10.6 Å². The summed E-state index contributed by atoms with van der Waals surface area (Å²) in [6, 6.07) is 8.08. The Morgan fingerprint density at radius 2 is 2.30 bits per heavy atom. The lowest BCUT2D eigenvalue weighted by molar-refractivity contribution is -0.122. The fraction of sp³-hybridized carbons (Fsp3) is 0.400. The average molecular weight is 290 g/mol. The Balaban J connectivity index is 1.54.